The third kappa shape index (κ3) is 3.94. The van der Waals surface area contributed by atoms with E-state index in [0.717, 1.165) is 11.1 Å². The average molecular weight is 370 g/mol. The molecule has 6 heteroatoms. The van der Waals surface area contributed by atoms with Crippen molar-refractivity contribution in [3.05, 3.63) is 70.6 Å². The first-order chi connectivity index (χ1) is 12.5. The quantitative estimate of drug-likeness (QED) is 0.651. The van der Waals surface area contributed by atoms with Crippen LogP contribution in [0.5, 0.6) is 0 Å². The number of aromatic nitrogens is 2. The minimum absolute atomic E-state index is 0.0491. The Morgan fingerprint density at radius 1 is 1.19 bits per heavy atom. The predicted octanol–water partition coefficient (Wildman–Crippen LogP) is 4.75. The van der Waals surface area contributed by atoms with Crippen LogP contribution in [-0.4, -0.2) is 27.0 Å². The van der Waals surface area contributed by atoms with E-state index in [1.807, 2.05) is 57.2 Å². The molecule has 0 aliphatic heterocycles. The summed E-state index contributed by atoms with van der Waals surface area (Å²) in [6, 6.07) is 14.9. The second-order valence-electron chi connectivity index (χ2n) is 6.39. The van der Waals surface area contributed by atoms with Gasteiger partial charge in [0.15, 0.2) is 0 Å². The summed E-state index contributed by atoms with van der Waals surface area (Å²) in [7, 11) is 0. The maximum absolute atomic E-state index is 13.0. The van der Waals surface area contributed by atoms with E-state index in [1.165, 1.54) is 0 Å². The zero-order valence-corrected chi connectivity index (χ0v) is 15.7. The molecule has 0 unspecified atom stereocenters. The van der Waals surface area contributed by atoms with E-state index in [0.29, 0.717) is 22.3 Å². The van der Waals surface area contributed by atoms with E-state index in [2.05, 4.69) is 10.1 Å². The van der Waals surface area contributed by atoms with Crippen molar-refractivity contribution in [3.8, 4) is 11.4 Å². The van der Waals surface area contributed by atoms with Crippen molar-refractivity contribution in [2.75, 3.05) is 0 Å². The number of carbonyl (C=O) groups excluding carboxylic acids is 1. The highest BCUT2D eigenvalue weighted by Crippen LogP contribution is 2.22. The van der Waals surface area contributed by atoms with Gasteiger partial charge in [0.25, 0.3) is 5.91 Å². The number of rotatable bonds is 5. The van der Waals surface area contributed by atoms with Crippen LogP contribution < -0.4 is 0 Å². The molecule has 0 atom stereocenters. The number of carbonyl (C=O) groups is 1. The minimum Gasteiger partial charge on any atom is -0.337 e. The summed E-state index contributed by atoms with van der Waals surface area (Å²) in [4.78, 5) is 19.0. The molecule has 26 heavy (non-hydrogen) atoms. The Hall–Kier alpha value is -2.66. The molecule has 2 aromatic carbocycles. The number of hydrogen-bond donors (Lipinski definition) is 0. The second-order valence-corrected chi connectivity index (χ2v) is 6.80. The van der Waals surface area contributed by atoms with Gasteiger partial charge in [0, 0.05) is 11.6 Å². The molecule has 1 amide bonds. The zero-order valence-electron chi connectivity index (χ0n) is 14.9. The third-order valence-electron chi connectivity index (χ3n) is 4.04. The Morgan fingerprint density at radius 3 is 2.58 bits per heavy atom. The summed E-state index contributed by atoms with van der Waals surface area (Å²) in [5, 5.41) is 4.45. The maximum Gasteiger partial charge on any atom is 0.256 e. The summed E-state index contributed by atoms with van der Waals surface area (Å²) < 4.78 is 5.35. The molecule has 1 heterocycles. The van der Waals surface area contributed by atoms with E-state index >= 15 is 0 Å². The van der Waals surface area contributed by atoms with Crippen LogP contribution in [0.15, 0.2) is 53.1 Å². The van der Waals surface area contributed by atoms with Crippen LogP contribution in [-0.2, 0) is 6.54 Å². The van der Waals surface area contributed by atoms with Crippen LogP contribution in [0.4, 0.5) is 0 Å². The number of amides is 1. The zero-order chi connectivity index (χ0) is 18.7. The molecule has 0 saturated heterocycles. The van der Waals surface area contributed by atoms with Crippen LogP contribution in [0.2, 0.25) is 5.02 Å². The summed E-state index contributed by atoms with van der Waals surface area (Å²) >= 11 is 6.26. The van der Waals surface area contributed by atoms with Crippen molar-refractivity contribution >= 4 is 17.5 Å². The average Bonchev–Trinajstić information content (AvgIpc) is 3.08. The molecular formula is C20H20ClN3O2. The fraction of sp³-hybridized carbons (Fsp3) is 0.250. The molecule has 0 aliphatic carbocycles. The molecule has 0 aliphatic rings. The van der Waals surface area contributed by atoms with Crippen LogP contribution in [0.3, 0.4) is 0 Å². The lowest BCUT2D eigenvalue weighted by molar-refractivity contribution is 0.0667. The Kier molecular flexibility index (Phi) is 5.38. The molecule has 3 rings (SSSR count). The van der Waals surface area contributed by atoms with Gasteiger partial charge in [0.1, 0.15) is 6.54 Å². The molecular weight excluding hydrogens is 350 g/mol. The number of nitrogens with zero attached hydrogens (tertiary/aromatic N) is 3. The van der Waals surface area contributed by atoms with Crippen molar-refractivity contribution in [1.82, 2.24) is 15.0 Å². The third-order valence-corrected chi connectivity index (χ3v) is 4.36. The predicted molar refractivity (Wildman–Crippen MR) is 101 cm³/mol. The molecule has 0 N–H and O–H groups in total. The highest BCUT2D eigenvalue weighted by molar-refractivity contribution is 6.33. The van der Waals surface area contributed by atoms with Gasteiger partial charge in [-0.25, -0.2) is 0 Å². The first kappa shape index (κ1) is 18.1. The van der Waals surface area contributed by atoms with Gasteiger partial charge in [-0.05, 0) is 38.5 Å². The van der Waals surface area contributed by atoms with Gasteiger partial charge in [-0.3, -0.25) is 4.79 Å². The monoisotopic (exact) mass is 369 g/mol. The van der Waals surface area contributed by atoms with Crippen molar-refractivity contribution in [3.63, 3.8) is 0 Å². The first-order valence-electron chi connectivity index (χ1n) is 8.41. The molecule has 0 radical (unpaired) electrons. The highest BCUT2D eigenvalue weighted by atomic mass is 35.5. The minimum atomic E-state index is -0.163. The van der Waals surface area contributed by atoms with E-state index in [4.69, 9.17) is 16.1 Å². The van der Waals surface area contributed by atoms with Crippen LogP contribution in [0.25, 0.3) is 11.4 Å². The number of aryl methyl sites for hydroxylation is 1. The van der Waals surface area contributed by atoms with Crippen molar-refractivity contribution in [2.45, 2.75) is 33.4 Å². The van der Waals surface area contributed by atoms with E-state index < -0.39 is 0 Å². The SMILES string of the molecule is Cc1ccc(C(=O)N(Cc2nc(-c3ccccc3)no2)C(C)C)c(Cl)c1. The number of halogens is 1. The van der Waals surface area contributed by atoms with Gasteiger partial charge in [-0.15, -0.1) is 0 Å². The topological polar surface area (TPSA) is 59.2 Å². The van der Waals surface area contributed by atoms with Crippen molar-refractivity contribution in [1.29, 1.82) is 0 Å². The van der Waals surface area contributed by atoms with E-state index in [-0.39, 0.29) is 18.5 Å². The van der Waals surface area contributed by atoms with E-state index in [9.17, 15) is 4.79 Å². The second kappa shape index (κ2) is 7.70. The Labute approximate surface area is 157 Å². The van der Waals surface area contributed by atoms with Gasteiger partial charge in [0.2, 0.25) is 11.7 Å². The molecule has 0 spiro atoms. The molecule has 0 saturated carbocycles. The molecule has 1 aromatic heterocycles. The Balaban J connectivity index is 1.83. The fourth-order valence-corrected chi connectivity index (χ4v) is 2.92. The van der Waals surface area contributed by atoms with Gasteiger partial charge < -0.3 is 9.42 Å². The van der Waals surface area contributed by atoms with Crippen molar-refractivity contribution < 1.29 is 9.32 Å². The summed E-state index contributed by atoms with van der Waals surface area (Å²) in [5.74, 6) is 0.726. The molecule has 0 bridgehead atoms. The maximum atomic E-state index is 13.0. The first-order valence-corrected chi connectivity index (χ1v) is 8.78. The fourth-order valence-electron chi connectivity index (χ4n) is 2.61. The molecule has 3 aromatic rings. The largest absolute Gasteiger partial charge is 0.337 e. The van der Waals surface area contributed by atoms with Gasteiger partial charge >= 0.3 is 0 Å². The summed E-state index contributed by atoms with van der Waals surface area (Å²) in [6.45, 7) is 6.04. The van der Waals surface area contributed by atoms with Crippen LogP contribution in [0, 0.1) is 6.92 Å². The lowest BCUT2D eigenvalue weighted by Gasteiger charge is -2.25. The van der Waals surface area contributed by atoms with Gasteiger partial charge in [-0.2, -0.15) is 4.98 Å². The molecule has 5 nitrogen and oxygen atoms in total. The normalized spacial score (nSPS) is 11.0. The van der Waals surface area contributed by atoms with Crippen molar-refractivity contribution in [2.24, 2.45) is 0 Å². The lowest BCUT2D eigenvalue weighted by atomic mass is 10.1. The standard InChI is InChI=1S/C20H20ClN3O2/c1-13(2)24(20(25)16-10-9-14(3)11-17(16)21)12-18-22-19(23-26-18)15-7-5-4-6-8-15/h4-11,13H,12H2,1-3H3. The Bertz CT molecular complexity index is 906. The summed E-state index contributed by atoms with van der Waals surface area (Å²) in [5.41, 5.74) is 2.34. The number of hydrogen-bond acceptors (Lipinski definition) is 4. The van der Waals surface area contributed by atoms with Crippen LogP contribution in [0.1, 0.15) is 35.7 Å². The van der Waals surface area contributed by atoms with Gasteiger partial charge in [0.05, 0.1) is 10.6 Å². The molecule has 0 fully saturated rings. The van der Waals surface area contributed by atoms with Crippen LogP contribution >= 0.6 is 11.6 Å². The smallest absolute Gasteiger partial charge is 0.256 e. The Morgan fingerprint density at radius 2 is 1.92 bits per heavy atom. The van der Waals surface area contributed by atoms with E-state index in [1.54, 1.807) is 17.0 Å². The lowest BCUT2D eigenvalue weighted by Crippen LogP contribution is -2.36. The highest BCUT2D eigenvalue weighted by Gasteiger charge is 2.23. The molecule has 134 valence electrons. The summed E-state index contributed by atoms with van der Waals surface area (Å²) in [6.07, 6.45) is 0. The number of benzene rings is 2. The van der Waals surface area contributed by atoms with Gasteiger partial charge in [-0.1, -0.05) is 53.2 Å².